The van der Waals surface area contributed by atoms with Crippen LogP contribution in [0.2, 0.25) is 0 Å². The van der Waals surface area contributed by atoms with E-state index in [1.165, 1.54) is 12.0 Å². The highest BCUT2D eigenvalue weighted by atomic mass is 19.1. The first-order chi connectivity index (χ1) is 16.2. The number of methoxy groups -OCH3 is 1. The lowest BCUT2D eigenvalue weighted by Gasteiger charge is -2.35. The van der Waals surface area contributed by atoms with E-state index in [9.17, 15) is 23.2 Å². The van der Waals surface area contributed by atoms with Gasteiger partial charge >= 0.3 is 18.0 Å². The fourth-order valence-corrected chi connectivity index (χ4v) is 3.66. The van der Waals surface area contributed by atoms with Crippen molar-refractivity contribution in [1.82, 2.24) is 10.2 Å². The molecule has 1 unspecified atom stereocenters. The summed E-state index contributed by atoms with van der Waals surface area (Å²) in [6.45, 7) is 4.16. The number of carbonyl (C=O) groups is 3. The van der Waals surface area contributed by atoms with E-state index in [1.807, 2.05) is 6.92 Å². The molecule has 8 nitrogen and oxygen atoms in total. The molecule has 2 aromatic rings. The second-order valence-electron chi connectivity index (χ2n) is 7.71. The standard InChI is InChI=1S/C24H26F2N4O4/c1-4-5-11-30-14(2)20(22(31)34-3)21(29-24(30)33)15-7-6-8-17(12-15)27-23(32)28-19-10-9-16(25)13-18(19)26/h6-10,12-13,21H,4-5,11H2,1-3H3,(H,29,33)(H2,27,28,32). The van der Waals surface area contributed by atoms with Gasteiger partial charge in [-0.25, -0.2) is 23.2 Å². The number of halogens is 2. The molecule has 4 amide bonds. The zero-order chi connectivity index (χ0) is 24.8. The number of allylic oxidation sites excluding steroid dienone is 1. The fourth-order valence-electron chi connectivity index (χ4n) is 3.66. The Morgan fingerprint density at radius 3 is 2.59 bits per heavy atom. The summed E-state index contributed by atoms with van der Waals surface area (Å²) in [6, 6.07) is 7.44. The summed E-state index contributed by atoms with van der Waals surface area (Å²) in [4.78, 5) is 39.2. The molecule has 10 heteroatoms. The molecule has 0 saturated heterocycles. The normalized spacial score (nSPS) is 15.6. The average molecular weight is 472 g/mol. The molecule has 0 fully saturated rings. The number of ether oxygens (including phenoxy) is 1. The van der Waals surface area contributed by atoms with Crippen LogP contribution < -0.4 is 16.0 Å². The number of nitrogens with one attached hydrogen (secondary N) is 3. The van der Waals surface area contributed by atoms with Crippen molar-refractivity contribution in [1.29, 1.82) is 0 Å². The Labute approximate surface area is 196 Å². The van der Waals surface area contributed by atoms with Crippen LogP contribution >= 0.6 is 0 Å². The largest absolute Gasteiger partial charge is 0.466 e. The highest BCUT2D eigenvalue weighted by Gasteiger charge is 2.36. The third-order valence-corrected chi connectivity index (χ3v) is 5.39. The summed E-state index contributed by atoms with van der Waals surface area (Å²) in [5, 5.41) is 7.71. The predicted octanol–water partition coefficient (Wildman–Crippen LogP) is 4.92. The van der Waals surface area contributed by atoms with Crippen molar-refractivity contribution in [3.63, 3.8) is 0 Å². The maximum Gasteiger partial charge on any atom is 0.337 e. The molecule has 0 aromatic heterocycles. The van der Waals surface area contributed by atoms with Gasteiger partial charge in [0.05, 0.1) is 24.4 Å². The van der Waals surface area contributed by atoms with Crippen LogP contribution in [0.1, 0.15) is 38.3 Å². The first-order valence-electron chi connectivity index (χ1n) is 10.7. The Bertz CT molecular complexity index is 1140. The van der Waals surface area contributed by atoms with Crippen LogP contribution in [0.5, 0.6) is 0 Å². The van der Waals surface area contributed by atoms with Gasteiger partial charge in [0.25, 0.3) is 0 Å². The Kier molecular flexibility index (Phi) is 7.83. The van der Waals surface area contributed by atoms with Crippen molar-refractivity contribution < 1.29 is 27.9 Å². The van der Waals surface area contributed by atoms with E-state index < -0.39 is 29.7 Å². The summed E-state index contributed by atoms with van der Waals surface area (Å²) >= 11 is 0. The van der Waals surface area contributed by atoms with Gasteiger partial charge in [0.2, 0.25) is 0 Å². The predicted molar refractivity (Wildman–Crippen MR) is 123 cm³/mol. The number of nitrogens with zero attached hydrogens (tertiary/aromatic N) is 1. The Balaban J connectivity index is 1.85. The molecule has 0 saturated carbocycles. The molecule has 2 aromatic carbocycles. The number of hydrogen-bond acceptors (Lipinski definition) is 4. The number of carbonyl (C=O) groups excluding carboxylic acids is 3. The smallest absolute Gasteiger partial charge is 0.337 e. The Morgan fingerprint density at radius 1 is 1.15 bits per heavy atom. The van der Waals surface area contributed by atoms with E-state index in [-0.39, 0.29) is 17.3 Å². The number of urea groups is 2. The second kappa shape index (κ2) is 10.8. The van der Waals surface area contributed by atoms with Crippen LogP contribution in [-0.4, -0.2) is 36.6 Å². The van der Waals surface area contributed by atoms with Gasteiger partial charge in [0.15, 0.2) is 0 Å². The third-order valence-electron chi connectivity index (χ3n) is 5.39. The maximum atomic E-state index is 13.8. The lowest BCUT2D eigenvalue weighted by molar-refractivity contribution is -0.136. The number of rotatable bonds is 7. The highest BCUT2D eigenvalue weighted by Crippen LogP contribution is 2.32. The molecule has 0 radical (unpaired) electrons. The zero-order valence-corrected chi connectivity index (χ0v) is 19.1. The summed E-state index contributed by atoms with van der Waals surface area (Å²) in [7, 11) is 1.27. The Hall–Kier alpha value is -3.95. The van der Waals surface area contributed by atoms with E-state index >= 15 is 0 Å². The van der Waals surface area contributed by atoms with Crippen LogP contribution in [0, 0.1) is 11.6 Å². The van der Waals surface area contributed by atoms with Gasteiger partial charge in [-0.05, 0) is 43.2 Å². The lowest BCUT2D eigenvalue weighted by atomic mass is 9.94. The molecular formula is C24H26F2N4O4. The van der Waals surface area contributed by atoms with Gasteiger partial charge < -0.3 is 20.7 Å². The molecule has 180 valence electrons. The lowest BCUT2D eigenvalue weighted by Crippen LogP contribution is -2.48. The molecular weight excluding hydrogens is 446 g/mol. The molecule has 1 heterocycles. The number of benzene rings is 2. The molecule has 1 aliphatic heterocycles. The average Bonchev–Trinajstić information content (AvgIpc) is 2.80. The fraction of sp³-hybridized carbons (Fsp3) is 0.292. The minimum Gasteiger partial charge on any atom is -0.466 e. The first kappa shape index (κ1) is 24.7. The minimum atomic E-state index is -0.912. The van der Waals surface area contributed by atoms with Crippen molar-refractivity contribution in [2.45, 2.75) is 32.7 Å². The maximum absolute atomic E-state index is 13.8. The van der Waals surface area contributed by atoms with E-state index in [1.54, 1.807) is 31.2 Å². The molecule has 3 rings (SSSR count). The van der Waals surface area contributed by atoms with E-state index in [4.69, 9.17) is 4.74 Å². The number of hydrogen-bond donors (Lipinski definition) is 3. The topological polar surface area (TPSA) is 99.8 Å². The number of amides is 4. The molecule has 0 bridgehead atoms. The zero-order valence-electron chi connectivity index (χ0n) is 19.1. The van der Waals surface area contributed by atoms with Gasteiger partial charge in [0, 0.05) is 24.0 Å². The summed E-state index contributed by atoms with van der Waals surface area (Å²) in [5.41, 5.74) is 1.47. The van der Waals surface area contributed by atoms with E-state index in [0.717, 1.165) is 25.0 Å². The molecule has 0 aliphatic carbocycles. The van der Waals surface area contributed by atoms with Gasteiger partial charge in [-0.2, -0.15) is 0 Å². The summed E-state index contributed by atoms with van der Waals surface area (Å²) in [6.07, 6.45) is 1.65. The highest BCUT2D eigenvalue weighted by molar-refractivity contribution is 6.00. The minimum absolute atomic E-state index is 0.187. The quantitative estimate of drug-likeness (QED) is 0.498. The van der Waals surface area contributed by atoms with Crippen LogP contribution in [0.4, 0.5) is 29.7 Å². The second-order valence-corrected chi connectivity index (χ2v) is 7.71. The monoisotopic (exact) mass is 472 g/mol. The van der Waals surface area contributed by atoms with E-state index in [2.05, 4.69) is 16.0 Å². The van der Waals surface area contributed by atoms with Crippen molar-refractivity contribution in [3.05, 3.63) is 70.9 Å². The third kappa shape index (κ3) is 5.51. The summed E-state index contributed by atoms with van der Waals surface area (Å²) < 4.78 is 31.8. The Morgan fingerprint density at radius 2 is 1.91 bits per heavy atom. The van der Waals surface area contributed by atoms with Gasteiger partial charge in [-0.3, -0.25) is 4.90 Å². The van der Waals surface area contributed by atoms with Crippen LogP contribution in [-0.2, 0) is 9.53 Å². The van der Waals surface area contributed by atoms with Gasteiger partial charge in [-0.1, -0.05) is 25.5 Å². The van der Waals surface area contributed by atoms with Gasteiger partial charge in [-0.15, -0.1) is 0 Å². The van der Waals surface area contributed by atoms with Crippen molar-refractivity contribution >= 4 is 29.4 Å². The summed E-state index contributed by atoms with van der Waals surface area (Å²) in [5.74, 6) is -2.25. The van der Waals surface area contributed by atoms with Crippen LogP contribution in [0.3, 0.4) is 0 Å². The van der Waals surface area contributed by atoms with Crippen molar-refractivity contribution in [2.75, 3.05) is 24.3 Å². The number of anilines is 2. The van der Waals surface area contributed by atoms with Gasteiger partial charge in [0.1, 0.15) is 11.6 Å². The molecule has 1 atom stereocenters. The van der Waals surface area contributed by atoms with Crippen molar-refractivity contribution in [3.8, 4) is 0 Å². The SMILES string of the molecule is CCCCN1C(=O)NC(c2cccc(NC(=O)Nc3ccc(F)cc3F)c2)C(C(=O)OC)=C1C. The van der Waals surface area contributed by atoms with Crippen LogP contribution in [0.15, 0.2) is 53.7 Å². The molecule has 1 aliphatic rings. The first-order valence-corrected chi connectivity index (χ1v) is 10.7. The van der Waals surface area contributed by atoms with Crippen LogP contribution in [0.25, 0.3) is 0 Å². The molecule has 3 N–H and O–H groups in total. The molecule has 34 heavy (non-hydrogen) atoms. The molecule has 0 spiro atoms. The van der Waals surface area contributed by atoms with E-state index in [0.29, 0.717) is 29.6 Å². The number of unbranched alkanes of at least 4 members (excludes halogenated alkanes) is 1. The van der Waals surface area contributed by atoms with Crippen molar-refractivity contribution in [2.24, 2.45) is 0 Å². The number of esters is 1.